The van der Waals surface area contributed by atoms with Crippen LogP contribution in [0.15, 0.2) is 12.1 Å². The Bertz CT molecular complexity index is 779. The number of likely N-dealkylation sites (tertiary alicyclic amines) is 1. The van der Waals surface area contributed by atoms with Crippen molar-refractivity contribution in [2.24, 2.45) is 0 Å². The van der Waals surface area contributed by atoms with E-state index in [0.29, 0.717) is 12.1 Å². The van der Waals surface area contributed by atoms with Crippen molar-refractivity contribution < 1.29 is 18.7 Å². The summed E-state index contributed by atoms with van der Waals surface area (Å²) in [5.74, 6) is -0.731. The number of halogens is 1. The molecular weight excluding hydrogens is 385 g/mol. The highest BCUT2D eigenvalue weighted by Crippen LogP contribution is 2.34. The second kappa shape index (κ2) is 9.23. The first-order valence-electron chi connectivity index (χ1n) is 10.7. The average molecular weight is 422 g/mol. The summed E-state index contributed by atoms with van der Waals surface area (Å²) in [6, 6.07) is 2.87. The largest absolute Gasteiger partial charge is 0.444 e. The lowest BCUT2D eigenvalue weighted by molar-refractivity contribution is -0.00251. The van der Waals surface area contributed by atoms with Gasteiger partial charge in [0.1, 0.15) is 11.4 Å². The summed E-state index contributed by atoms with van der Waals surface area (Å²) in [4.78, 5) is 28.9. The molecule has 168 valence electrons. The van der Waals surface area contributed by atoms with Gasteiger partial charge in [-0.1, -0.05) is 0 Å². The van der Waals surface area contributed by atoms with Gasteiger partial charge in [-0.25, -0.2) is 9.18 Å². The van der Waals surface area contributed by atoms with E-state index < -0.39 is 11.4 Å². The van der Waals surface area contributed by atoms with Crippen LogP contribution in [0.1, 0.15) is 70.3 Å². The minimum Gasteiger partial charge on any atom is -0.444 e. The number of nitrogens with zero attached hydrogens (tertiary/aromatic N) is 2. The minimum atomic E-state index is -0.544. The van der Waals surface area contributed by atoms with E-state index in [-0.39, 0.29) is 30.1 Å². The number of carbonyl (C=O) groups excluding carboxylic acids is 2. The first-order chi connectivity index (χ1) is 13.9. The third-order valence-electron chi connectivity index (χ3n) is 5.69. The summed E-state index contributed by atoms with van der Waals surface area (Å²) in [5.41, 5.74) is 1.29. The third kappa shape index (κ3) is 5.24. The molecule has 1 aliphatic rings. The summed E-state index contributed by atoms with van der Waals surface area (Å²) in [6.07, 6.45) is 1.18. The molecule has 0 bridgehead atoms. The van der Waals surface area contributed by atoms with Crippen molar-refractivity contribution in [3.63, 3.8) is 0 Å². The molecule has 1 aromatic rings. The molecule has 0 spiro atoms. The zero-order valence-electron chi connectivity index (χ0n) is 19.5. The van der Waals surface area contributed by atoms with Gasteiger partial charge < -0.3 is 19.9 Å². The molecule has 2 unspecified atom stereocenters. The van der Waals surface area contributed by atoms with Crippen molar-refractivity contribution in [3.8, 4) is 0 Å². The first-order valence-corrected chi connectivity index (χ1v) is 10.7. The van der Waals surface area contributed by atoms with E-state index in [1.807, 2.05) is 53.4 Å². The fourth-order valence-electron chi connectivity index (χ4n) is 4.43. The van der Waals surface area contributed by atoms with Crippen LogP contribution in [0.5, 0.6) is 0 Å². The second-order valence-electron chi connectivity index (χ2n) is 9.17. The summed E-state index contributed by atoms with van der Waals surface area (Å²) in [7, 11) is 1.54. The molecule has 1 aliphatic heterocycles. The van der Waals surface area contributed by atoms with Gasteiger partial charge in [0.15, 0.2) is 0 Å². The maximum absolute atomic E-state index is 14.4. The van der Waals surface area contributed by atoms with E-state index in [2.05, 4.69) is 10.2 Å². The number of piperidine rings is 1. The zero-order valence-corrected chi connectivity index (χ0v) is 19.5. The van der Waals surface area contributed by atoms with Crippen LogP contribution < -0.4 is 10.2 Å². The maximum Gasteiger partial charge on any atom is 0.410 e. The van der Waals surface area contributed by atoms with Crippen molar-refractivity contribution in [2.45, 2.75) is 85.0 Å². The zero-order chi connectivity index (χ0) is 22.8. The monoisotopic (exact) mass is 421 g/mol. The average Bonchev–Trinajstić information content (AvgIpc) is 2.62. The lowest BCUT2D eigenvalue weighted by atomic mass is 9.90. The van der Waals surface area contributed by atoms with Crippen LogP contribution in [-0.4, -0.2) is 54.2 Å². The van der Waals surface area contributed by atoms with Crippen LogP contribution in [0.3, 0.4) is 0 Å². The van der Waals surface area contributed by atoms with Crippen molar-refractivity contribution in [1.82, 2.24) is 10.2 Å². The van der Waals surface area contributed by atoms with Crippen LogP contribution >= 0.6 is 0 Å². The molecule has 0 radical (unpaired) electrons. The molecule has 30 heavy (non-hydrogen) atoms. The van der Waals surface area contributed by atoms with Gasteiger partial charge in [-0.15, -0.1) is 0 Å². The van der Waals surface area contributed by atoms with Crippen LogP contribution in [0.25, 0.3) is 0 Å². The first kappa shape index (κ1) is 24.0. The Kier molecular flexibility index (Phi) is 7.37. The second-order valence-corrected chi connectivity index (χ2v) is 9.17. The predicted octanol–water partition coefficient (Wildman–Crippen LogP) is 4.50. The fourth-order valence-corrected chi connectivity index (χ4v) is 4.43. The van der Waals surface area contributed by atoms with Gasteiger partial charge in [-0.3, -0.25) is 4.79 Å². The number of hydrogen-bond acceptors (Lipinski definition) is 4. The normalized spacial score (nSPS) is 21.9. The van der Waals surface area contributed by atoms with Gasteiger partial charge in [0.25, 0.3) is 5.91 Å². The van der Waals surface area contributed by atoms with Gasteiger partial charge >= 0.3 is 6.09 Å². The molecule has 0 aromatic heterocycles. The van der Waals surface area contributed by atoms with E-state index in [1.165, 1.54) is 12.1 Å². The number of benzene rings is 1. The Balaban J connectivity index is 2.31. The Morgan fingerprint density at radius 2 is 1.80 bits per heavy atom. The Morgan fingerprint density at radius 3 is 2.27 bits per heavy atom. The lowest BCUT2D eigenvalue weighted by Crippen LogP contribution is -2.56. The van der Waals surface area contributed by atoms with Crippen molar-refractivity contribution in [1.29, 1.82) is 0 Å². The summed E-state index contributed by atoms with van der Waals surface area (Å²) in [6.45, 7) is 14.2. The summed E-state index contributed by atoms with van der Waals surface area (Å²) >= 11 is 0. The van der Waals surface area contributed by atoms with E-state index in [9.17, 15) is 14.0 Å². The number of ether oxygens (including phenoxy) is 1. The number of nitrogens with one attached hydrogen (secondary N) is 1. The van der Waals surface area contributed by atoms with Gasteiger partial charge in [0.2, 0.25) is 0 Å². The van der Waals surface area contributed by atoms with E-state index in [4.69, 9.17) is 4.74 Å². The van der Waals surface area contributed by atoms with Gasteiger partial charge in [-0.2, -0.15) is 0 Å². The number of hydrogen-bond donors (Lipinski definition) is 1. The predicted molar refractivity (Wildman–Crippen MR) is 118 cm³/mol. The smallest absolute Gasteiger partial charge is 0.410 e. The Hall–Kier alpha value is -2.31. The number of rotatable bonds is 4. The molecule has 1 heterocycles. The number of anilines is 1. The van der Waals surface area contributed by atoms with Gasteiger partial charge in [-0.05, 0) is 79.0 Å². The van der Waals surface area contributed by atoms with Crippen molar-refractivity contribution in [3.05, 3.63) is 29.1 Å². The third-order valence-corrected chi connectivity index (χ3v) is 5.69. The van der Waals surface area contributed by atoms with Crippen LogP contribution in [-0.2, 0) is 4.74 Å². The highest BCUT2D eigenvalue weighted by Gasteiger charge is 2.38. The van der Waals surface area contributed by atoms with Crippen LogP contribution in [0.4, 0.5) is 14.9 Å². The molecule has 1 aromatic carbocycles. The summed E-state index contributed by atoms with van der Waals surface area (Å²) < 4.78 is 20.0. The maximum atomic E-state index is 14.4. The molecule has 3 atom stereocenters. The Labute approximate surface area is 179 Å². The highest BCUT2D eigenvalue weighted by atomic mass is 19.1. The molecular formula is C23H36FN3O3. The Morgan fingerprint density at radius 1 is 1.23 bits per heavy atom. The van der Waals surface area contributed by atoms with Crippen LogP contribution in [0, 0.1) is 12.7 Å². The van der Waals surface area contributed by atoms with E-state index in [1.54, 1.807) is 7.05 Å². The molecule has 1 fully saturated rings. The van der Waals surface area contributed by atoms with Gasteiger partial charge in [0, 0.05) is 43.0 Å². The molecule has 1 saturated heterocycles. The quantitative estimate of drug-likeness (QED) is 0.778. The van der Waals surface area contributed by atoms with Crippen molar-refractivity contribution >= 4 is 17.7 Å². The van der Waals surface area contributed by atoms with E-state index >= 15 is 0 Å². The van der Waals surface area contributed by atoms with Gasteiger partial charge in [0.05, 0.1) is 0 Å². The SMILES string of the molecule is CCN(c1cc(F)cc(C(=O)NC)c1C)C1CC(C)N(C(=O)OC(C)(C)C)[C@H](C)C1. The van der Waals surface area contributed by atoms with E-state index in [0.717, 1.165) is 24.1 Å². The molecule has 6 nitrogen and oxygen atoms in total. The fraction of sp³-hybridized carbons (Fsp3) is 0.652. The summed E-state index contributed by atoms with van der Waals surface area (Å²) in [5, 5.41) is 2.58. The molecule has 0 saturated carbocycles. The minimum absolute atomic E-state index is 0.0186. The lowest BCUT2D eigenvalue weighted by Gasteiger charge is -2.47. The standard InChI is InChI=1S/C23H36FN3O3/c1-9-26(20-13-17(24)12-19(16(20)4)21(28)25-8)18-10-14(2)27(15(3)11-18)22(29)30-23(5,6)7/h12-15,18H,9-11H2,1-8H3,(H,25,28)/t14-,15?,18?/m1/s1. The topological polar surface area (TPSA) is 61.9 Å². The molecule has 2 rings (SSSR count). The molecule has 7 heteroatoms. The number of carbonyl (C=O) groups is 2. The van der Waals surface area contributed by atoms with Crippen molar-refractivity contribution in [2.75, 3.05) is 18.5 Å². The van der Waals surface area contributed by atoms with Crippen LogP contribution in [0.2, 0.25) is 0 Å². The molecule has 1 N–H and O–H groups in total. The highest BCUT2D eigenvalue weighted by molar-refractivity contribution is 5.97. The molecule has 0 aliphatic carbocycles. The number of amides is 2. The molecule has 2 amide bonds.